The van der Waals surface area contributed by atoms with Gasteiger partial charge in [0.15, 0.2) is 23.1 Å². The Morgan fingerprint density at radius 3 is 2.20 bits per heavy atom. The summed E-state index contributed by atoms with van der Waals surface area (Å²) < 4.78 is 0. The normalized spacial score (nSPS) is 31.6. The molecule has 0 saturated heterocycles. The van der Waals surface area contributed by atoms with Crippen molar-refractivity contribution in [2.24, 2.45) is 5.41 Å². The van der Waals surface area contributed by atoms with Crippen LogP contribution in [0.5, 0.6) is 17.2 Å². The molecule has 2 saturated carbocycles. The van der Waals surface area contributed by atoms with Gasteiger partial charge in [-0.2, -0.15) is 0 Å². The van der Waals surface area contributed by atoms with Gasteiger partial charge in [-0.1, -0.05) is 0 Å². The maximum Gasteiger partial charge on any atom is 0.193 e. The quantitative estimate of drug-likeness (QED) is 0.261. The molecule has 5 atom stereocenters. The molecule has 11 nitrogen and oxygen atoms in total. The first-order chi connectivity index (χ1) is 18.7. The number of hydrogen-bond donors (Lipinski definition) is 6. The van der Waals surface area contributed by atoms with Crippen LogP contribution in [-0.4, -0.2) is 71.3 Å². The molecule has 2 aromatic rings. The molecule has 5 aliphatic rings. The van der Waals surface area contributed by atoms with Gasteiger partial charge in [0.1, 0.15) is 39.8 Å². The van der Waals surface area contributed by atoms with Crippen LogP contribution in [0.25, 0.3) is 5.76 Å². The van der Waals surface area contributed by atoms with Crippen molar-refractivity contribution < 1.29 is 54.6 Å². The predicted molar refractivity (Wildman–Crippen MR) is 132 cm³/mol. The average molecular weight is 544 g/mol. The Labute approximate surface area is 224 Å². The molecule has 0 aliphatic heterocycles. The Morgan fingerprint density at radius 1 is 0.875 bits per heavy atom. The minimum absolute atomic E-state index is 0.0726. The van der Waals surface area contributed by atoms with Gasteiger partial charge in [-0.3, -0.25) is 24.0 Å². The van der Waals surface area contributed by atoms with Crippen molar-refractivity contribution in [3.05, 3.63) is 68.3 Å². The van der Waals surface area contributed by atoms with Crippen LogP contribution in [-0.2, 0) is 9.59 Å². The van der Waals surface area contributed by atoms with Crippen molar-refractivity contribution in [3.8, 4) is 17.2 Å². The number of benzene rings is 2. The minimum Gasteiger partial charge on any atom is -0.507 e. The van der Waals surface area contributed by atoms with Crippen LogP contribution >= 0.6 is 0 Å². The fourth-order valence-corrected chi connectivity index (χ4v) is 7.75. The lowest BCUT2D eigenvalue weighted by Gasteiger charge is -2.56. The van der Waals surface area contributed by atoms with E-state index in [4.69, 9.17) is 0 Å². The zero-order chi connectivity index (χ0) is 29.0. The van der Waals surface area contributed by atoms with Gasteiger partial charge in [0, 0.05) is 28.7 Å². The molecule has 7 rings (SSSR count). The number of carbonyl (C=O) groups excluding carboxylic acids is 5. The summed E-state index contributed by atoms with van der Waals surface area (Å²) in [6, 6.07) is 2.55. The fraction of sp³-hybridized carbons (Fsp3) is 0.276. The Morgan fingerprint density at radius 2 is 1.52 bits per heavy atom. The first-order valence-corrected chi connectivity index (χ1v) is 12.4. The van der Waals surface area contributed by atoms with Gasteiger partial charge >= 0.3 is 0 Å². The lowest BCUT2D eigenvalue weighted by Crippen LogP contribution is -2.69. The number of hydrogen-bond acceptors (Lipinski definition) is 11. The molecule has 202 valence electrons. The monoisotopic (exact) mass is 544 g/mol. The van der Waals surface area contributed by atoms with Crippen molar-refractivity contribution in [1.29, 1.82) is 0 Å². The maximum atomic E-state index is 14.2. The molecule has 2 bridgehead atoms. The Hall–Kier alpha value is -4.61. The predicted octanol–water partition coefficient (Wildman–Crippen LogP) is 1.42. The third kappa shape index (κ3) is 2.23. The van der Waals surface area contributed by atoms with Crippen LogP contribution in [0.4, 0.5) is 0 Å². The lowest BCUT2D eigenvalue weighted by atomic mass is 9.47. The summed E-state index contributed by atoms with van der Waals surface area (Å²) in [4.78, 5) is 68.0. The van der Waals surface area contributed by atoms with Crippen LogP contribution in [0.3, 0.4) is 0 Å². The van der Waals surface area contributed by atoms with Crippen molar-refractivity contribution in [3.63, 3.8) is 0 Å². The highest BCUT2D eigenvalue weighted by Gasteiger charge is 2.81. The number of allylic oxidation sites excluding steroid dienone is 2. The molecule has 40 heavy (non-hydrogen) atoms. The molecule has 6 N–H and O–H groups in total. The first kappa shape index (κ1) is 24.4. The van der Waals surface area contributed by atoms with E-state index in [1.165, 1.54) is 19.1 Å². The lowest BCUT2D eigenvalue weighted by molar-refractivity contribution is -0.167. The van der Waals surface area contributed by atoms with Crippen molar-refractivity contribution in [2.75, 3.05) is 0 Å². The van der Waals surface area contributed by atoms with E-state index < -0.39 is 121 Å². The van der Waals surface area contributed by atoms with E-state index in [1.54, 1.807) is 6.92 Å². The molecule has 11 heteroatoms. The summed E-state index contributed by atoms with van der Waals surface area (Å²) in [6.07, 6.45) is -2.16. The molecular formula is C29H20O11. The average Bonchev–Trinajstić information content (AvgIpc) is 3.12. The van der Waals surface area contributed by atoms with Gasteiger partial charge in [-0.15, -0.1) is 0 Å². The number of aryl methyl sites for hydroxylation is 1. The number of carbonyl (C=O) groups is 5. The summed E-state index contributed by atoms with van der Waals surface area (Å²) in [5, 5.41) is 68.5. The SMILES string of the molecule is CC1=CC(=O)c2c(O)c3c(c(O)c2C1=O)[C@H]1C(=O)C[C@]24C(=O)c5cc(C)cc(O)c5C(O)=C2C(=O)[C@H]3[C@@H](O)[C@]14O. The van der Waals surface area contributed by atoms with Crippen LogP contribution in [0.2, 0.25) is 0 Å². The van der Waals surface area contributed by atoms with Crippen molar-refractivity contribution in [2.45, 2.75) is 43.8 Å². The van der Waals surface area contributed by atoms with Gasteiger partial charge in [0.25, 0.3) is 0 Å². The fourth-order valence-electron chi connectivity index (χ4n) is 7.75. The number of aromatic hydroxyl groups is 3. The smallest absolute Gasteiger partial charge is 0.193 e. The van der Waals surface area contributed by atoms with Gasteiger partial charge in [-0.25, -0.2) is 0 Å². The minimum atomic E-state index is -2.82. The zero-order valence-electron chi connectivity index (χ0n) is 20.9. The molecule has 0 unspecified atom stereocenters. The Bertz CT molecular complexity index is 1830. The highest BCUT2D eigenvalue weighted by molar-refractivity contribution is 6.29. The second kappa shape index (κ2) is 6.93. The third-order valence-corrected chi connectivity index (χ3v) is 9.28. The number of phenols is 3. The van der Waals surface area contributed by atoms with Gasteiger partial charge in [-0.05, 0) is 37.6 Å². The molecule has 0 radical (unpaired) electrons. The largest absolute Gasteiger partial charge is 0.507 e. The maximum absolute atomic E-state index is 14.2. The van der Waals surface area contributed by atoms with E-state index in [2.05, 4.69) is 0 Å². The number of fused-ring (bicyclic) bond motifs is 6. The molecule has 2 aromatic carbocycles. The van der Waals surface area contributed by atoms with E-state index >= 15 is 0 Å². The second-order valence-electron chi connectivity index (χ2n) is 11.1. The molecule has 2 fully saturated rings. The molecule has 0 heterocycles. The van der Waals surface area contributed by atoms with Crippen LogP contribution in [0.15, 0.2) is 29.4 Å². The van der Waals surface area contributed by atoms with E-state index in [9.17, 15) is 54.6 Å². The third-order valence-electron chi connectivity index (χ3n) is 9.28. The standard InChI is InChI=1S/C29H20O11/c1-7-3-9-13(10(30)4-7)24(36)20-25(37)18-15-16(19-12(32)6-28(20,26(9)38)29(19,40)27(18)39)23(35)17-14(22(15)34)11(31)5-8(2)21(17)33/h3-5,18-19,27,30,34-36,39-40H,6H2,1-2H3/t18-,19+,27+,28+,29+/m0/s1. The number of rotatable bonds is 0. The Balaban J connectivity index is 1.65. The van der Waals surface area contributed by atoms with Crippen molar-refractivity contribution in [1.82, 2.24) is 0 Å². The highest BCUT2D eigenvalue weighted by atomic mass is 16.4. The molecule has 5 aliphatic carbocycles. The number of aliphatic hydroxyl groups excluding tert-OH is 2. The summed E-state index contributed by atoms with van der Waals surface area (Å²) in [6.45, 7) is 2.85. The number of aliphatic hydroxyl groups is 3. The van der Waals surface area contributed by atoms with E-state index in [0.717, 1.165) is 6.08 Å². The van der Waals surface area contributed by atoms with Gasteiger partial charge < -0.3 is 30.6 Å². The van der Waals surface area contributed by atoms with Crippen LogP contribution < -0.4 is 0 Å². The summed E-state index contributed by atoms with van der Waals surface area (Å²) >= 11 is 0. The van der Waals surface area contributed by atoms with E-state index in [1.807, 2.05) is 0 Å². The molecule has 0 aromatic heterocycles. The first-order valence-electron chi connectivity index (χ1n) is 12.4. The zero-order valence-corrected chi connectivity index (χ0v) is 20.9. The van der Waals surface area contributed by atoms with Crippen LogP contribution in [0.1, 0.15) is 78.5 Å². The van der Waals surface area contributed by atoms with Crippen LogP contribution in [0, 0.1) is 12.3 Å². The molecule has 1 spiro atoms. The highest BCUT2D eigenvalue weighted by Crippen LogP contribution is 2.71. The van der Waals surface area contributed by atoms with E-state index in [-0.39, 0.29) is 11.1 Å². The summed E-state index contributed by atoms with van der Waals surface area (Å²) in [5.41, 5.74) is -8.78. The molecule has 0 amide bonds. The van der Waals surface area contributed by atoms with Gasteiger partial charge in [0.2, 0.25) is 0 Å². The van der Waals surface area contributed by atoms with Gasteiger partial charge in [0.05, 0.1) is 40.2 Å². The number of Topliss-reactive ketones (excluding diaryl/α,β-unsaturated/α-hetero) is 4. The Kier molecular flexibility index (Phi) is 4.23. The summed E-state index contributed by atoms with van der Waals surface area (Å²) in [5.74, 6) is -12.0. The van der Waals surface area contributed by atoms with E-state index in [0.29, 0.717) is 5.56 Å². The number of phenolic OH excluding ortho intramolecular Hbond substituents is 3. The number of ketones is 5. The van der Waals surface area contributed by atoms with Crippen molar-refractivity contribution >= 4 is 34.7 Å². The second-order valence-corrected chi connectivity index (χ2v) is 11.1. The topological polar surface area (TPSA) is 207 Å². The summed E-state index contributed by atoms with van der Waals surface area (Å²) in [7, 11) is 0. The molecular weight excluding hydrogens is 524 g/mol.